The van der Waals surface area contributed by atoms with Crippen LogP contribution in [0.25, 0.3) is 0 Å². The number of halogens is 2. The largest absolute Gasteiger partial charge is 0.460 e. The Kier molecular flexibility index (Phi) is 7.78. The van der Waals surface area contributed by atoms with Crippen molar-refractivity contribution in [3.63, 3.8) is 0 Å². The lowest BCUT2D eigenvalue weighted by Gasteiger charge is -2.36. The molecule has 0 aliphatic heterocycles. The number of hydrogen-bond donors (Lipinski definition) is 0. The molecule has 0 radical (unpaired) electrons. The summed E-state index contributed by atoms with van der Waals surface area (Å²) in [6.07, 6.45) is 2.97. The van der Waals surface area contributed by atoms with E-state index >= 15 is 0 Å². The fourth-order valence-electron chi connectivity index (χ4n) is 3.46. The first-order valence-corrected chi connectivity index (χ1v) is 9.81. The number of carbonyl (C=O) groups excluding carboxylic acids is 2. The minimum absolute atomic E-state index is 0.0155. The molecule has 0 bridgehead atoms. The molecule has 26 heavy (non-hydrogen) atoms. The predicted molar refractivity (Wildman–Crippen MR) is 102 cm³/mol. The Morgan fingerprint density at radius 3 is 2.58 bits per heavy atom. The molecule has 2 rings (SSSR count). The quantitative estimate of drug-likeness (QED) is 0.624. The van der Waals surface area contributed by atoms with Gasteiger partial charge >= 0.3 is 11.9 Å². The third-order valence-corrected chi connectivity index (χ3v) is 5.53. The summed E-state index contributed by atoms with van der Waals surface area (Å²) in [6.45, 7) is 6.10. The van der Waals surface area contributed by atoms with Gasteiger partial charge in [-0.2, -0.15) is 0 Å². The first kappa shape index (κ1) is 21.0. The normalized spacial score (nSPS) is 22.9. The van der Waals surface area contributed by atoms with Crippen molar-refractivity contribution < 1.29 is 19.1 Å². The van der Waals surface area contributed by atoms with Crippen molar-refractivity contribution in [3.8, 4) is 0 Å². The third kappa shape index (κ3) is 6.17. The average molecular weight is 401 g/mol. The van der Waals surface area contributed by atoms with Crippen LogP contribution in [0.1, 0.15) is 45.6 Å². The Labute approximate surface area is 165 Å². The van der Waals surface area contributed by atoms with Gasteiger partial charge in [0.25, 0.3) is 0 Å². The van der Waals surface area contributed by atoms with Gasteiger partial charge in [-0.1, -0.05) is 56.5 Å². The second-order valence-electron chi connectivity index (χ2n) is 7.43. The Morgan fingerprint density at radius 1 is 1.19 bits per heavy atom. The molecule has 4 nitrogen and oxygen atoms in total. The molecule has 0 amide bonds. The zero-order valence-electron chi connectivity index (χ0n) is 15.5. The zero-order chi connectivity index (χ0) is 19.3. The van der Waals surface area contributed by atoms with E-state index in [1.807, 2.05) is 0 Å². The van der Waals surface area contributed by atoms with Gasteiger partial charge in [0.1, 0.15) is 6.10 Å². The molecule has 6 heteroatoms. The van der Waals surface area contributed by atoms with E-state index in [0.29, 0.717) is 33.4 Å². The van der Waals surface area contributed by atoms with E-state index in [1.54, 1.807) is 18.2 Å². The molecule has 1 fully saturated rings. The molecule has 0 spiro atoms. The van der Waals surface area contributed by atoms with Crippen LogP contribution in [0, 0.1) is 17.8 Å². The van der Waals surface area contributed by atoms with Crippen LogP contribution in [0.2, 0.25) is 10.0 Å². The zero-order valence-corrected chi connectivity index (χ0v) is 17.0. The summed E-state index contributed by atoms with van der Waals surface area (Å²) in [5.41, 5.74) is 0.607. The maximum Gasteiger partial charge on any atom is 0.344 e. The summed E-state index contributed by atoms with van der Waals surface area (Å²) in [4.78, 5) is 24.1. The van der Waals surface area contributed by atoms with E-state index in [9.17, 15) is 9.59 Å². The van der Waals surface area contributed by atoms with Crippen molar-refractivity contribution in [2.24, 2.45) is 17.8 Å². The second kappa shape index (κ2) is 9.61. The van der Waals surface area contributed by atoms with Crippen molar-refractivity contribution in [1.29, 1.82) is 0 Å². The molecule has 0 heterocycles. The van der Waals surface area contributed by atoms with E-state index < -0.39 is 11.9 Å². The summed E-state index contributed by atoms with van der Waals surface area (Å²) in [6, 6.07) is 4.89. The fourth-order valence-corrected chi connectivity index (χ4v) is 3.94. The lowest BCUT2D eigenvalue weighted by Crippen LogP contribution is -2.36. The number of esters is 2. The summed E-state index contributed by atoms with van der Waals surface area (Å²) in [5.74, 6) is 0.333. The Hall–Kier alpha value is -1.26. The van der Waals surface area contributed by atoms with Gasteiger partial charge in [-0.25, -0.2) is 4.79 Å². The Morgan fingerprint density at radius 2 is 1.92 bits per heavy atom. The van der Waals surface area contributed by atoms with Gasteiger partial charge in [0.15, 0.2) is 6.61 Å². The number of rotatable bonds is 6. The highest BCUT2D eigenvalue weighted by atomic mass is 35.5. The van der Waals surface area contributed by atoms with Crippen LogP contribution in [0.3, 0.4) is 0 Å². The predicted octanol–water partition coefficient (Wildman–Crippen LogP) is 5.08. The van der Waals surface area contributed by atoms with E-state index in [-0.39, 0.29) is 19.1 Å². The highest BCUT2D eigenvalue weighted by Gasteiger charge is 2.33. The molecule has 1 saturated carbocycles. The number of benzene rings is 1. The van der Waals surface area contributed by atoms with Crippen LogP contribution in [0.4, 0.5) is 0 Å². The third-order valence-electron chi connectivity index (χ3n) is 4.95. The maximum absolute atomic E-state index is 12.1. The van der Waals surface area contributed by atoms with Crippen LogP contribution in [0.15, 0.2) is 18.2 Å². The van der Waals surface area contributed by atoms with Crippen molar-refractivity contribution in [2.45, 2.75) is 52.6 Å². The smallest absolute Gasteiger partial charge is 0.344 e. The summed E-state index contributed by atoms with van der Waals surface area (Å²) >= 11 is 11.9. The molecule has 3 atom stereocenters. The van der Waals surface area contributed by atoms with E-state index in [0.717, 1.165) is 19.3 Å². The number of carbonyl (C=O) groups is 2. The van der Waals surface area contributed by atoms with Crippen molar-refractivity contribution in [1.82, 2.24) is 0 Å². The summed E-state index contributed by atoms with van der Waals surface area (Å²) in [7, 11) is 0. The minimum atomic E-state index is -0.524. The molecule has 1 aliphatic rings. The number of ether oxygens (including phenoxy) is 2. The molecule has 0 saturated heterocycles. The second-order valence-corrected chi connectivity index (χ2v) is 8.27. The topological polar surface area (TPSA) is 52.6 Å². The van der Waals surface area contributed by atoms with Gasteiger partial charge in [0.05, 0.1) is 6.42 Å². The highest BCUT2D eigenvalue weighted by molar-refractivity contribution is 6.35. The Balaban J connectivity index is 1.82. The van der Waals surface area contributed by atoms with Gasteiger partial charge in [-0.05, 0) is 48.3 Å². The molecule has 144 valence electrons. The van der Waals surface area contributed by atoms with Gasteiger partial charge in [-0.3, -0.25) is 4.79 Å². The van der Waals surface area contributed by atoms with Crippen LogP contribution in [0.5, 0.6) is 0 Å². The molecule has 0 unspecified atom stereocenters. The fraction of sp³-hybridized carbons (Fsp3) is 0.600. The van der Waals surface area contributed by atoms with Crippen LogP contribution < -0.4 is 0 Å². The maximum atomic E-state index is 12.1. The molecule has 1 aromatic carbocycles. The number of hydrogen-bond acceptors (Lipinski definition) is 4. The molecule has 1 aromatic rings. The van der Waals surface area contributed by atoms with E-state index in [4.69, 9.17) is 32.7 Å². The molecule has 0 N–H and O–H groups in total. The average Bonchev–Trinajstić information content (AvgIpc) is 2.55. The first-order chi connectivity index (χ1) is 12.3. The minimum Gasteiger partial charge on any atom is -0.460 e. The summed E-state index contributed by atoms with van der Waals surface area (Å²) < 4.78 is 10.7. The molecular formula is C20H26Cl2O4. The summed E-state index contributed by atoms with van der Waals surface area (Å²) in [5, 5.41) is 0.894. The monoisotopic (exact) mass is 400 g/mol. The van der Waals surface area contributed by atoms with Crippen molar-refractivity contribution in [3.05, 3.63) is 33.8 Å². The van der Waals surface area contributed by atoms with Gasteiger partial charge < -0.3 is 9.47 Å². The molecule has 1 aliphatic carbocycles. The van der Waals surface area contributed by atoms with Gasteiger partial charge in [0.2, 0.25) is 0 Å². The lowest BCUT2D eigenvalue weighted by molar-refractivity contribution is -0.166. The van der Waals surface area contributed by atoms with Crippen LogP contribution >= 0.6 is 23.2 Å². The van der Waals surface area contributed by atoms with Crippen LogP contribution in [-0.4, -0.2) is 24.6 Å². The molecule has 0 aromatic heterocycles. The lowest BCUT2D eigenvalue weighted by atomic mass is 9.75. The van der Waals surface area contributed by atoms with Crippen LogP contribution in [-0.2, 0) is 25.5 Å². The highest BCUT2D eigenvalue weighted by Crippen LogP contribution is 2.35. The van der Waals surface area contributed by atoms with E-state index in [1.165, 1.54) is 0 Å². The van der Waals surface area contributed by atoms with Gasteiger partial charge in [-0.15, -0.1) is 0 Å². The first-order valence-electron chi connectivity index (χ1n) is 9.05. The molecular weight excluding hydrogens is 375 g/mol. The SMILES string of the molecule is CC(C)[C@@H]1CC[C@@H](C)C[C@@H]1OC(=O)COC(=O)Cc1ccc(Cl)cc1Cl. The van der Waals surface area contributed by atoms with Crippen molar-refractivity contribution in [2.75, 3.05) is 6.61 Å². The standard InChI is InChI=1S/C20H26Cl2O4/c1-12(2)16-7-4-13(3)8-18(16)26-20(24)11-25-19(23)9-14-5-6-15(21)10-17(14)22/h5-6,10,12-13,16,18H,4,7-9,11H2,1-3H3/t13-,16+,18+/m1/s1. The van der Waals surface area contributed by atoms with Gasteiger partial charge in [0, 0.05) is 10.0 Å². The van der Waals surface area contributed by atoms with Crippen molar-refractivity contribution >= 4 is 35.1 Å². The Bertz CT molecular complexity index is 645. The van der Waals surface area contributed by atoms with E-state index in [2.05, 4.69) is 20.8 Å².